The summed E-state index contributed by atoms with van der Waals surface area (Å²) in [5.41, 5.74) is 1.09. The van der Waals surface area contributed by atoms with Crippen molar-refractivity contribution in [2.45, 2.75) is 52.2 Å². The van der Waals surface area contributed by atoms with E-state index < -0.39 is 0 Å². The van der Waals surface area contributed by atoms with Gasteiger partial charge in [-0.05, 0) is 19.3 Å². The Morgan fingerprint density at radius 1 is 1.38 bits per heavy atom. The van der Waals surface area contributed by atoms with Crippen LogP contribution in [0, 0.1) is 0 Å². The first-order valence-electron chi connectivity index (χ1n) is 6.07. The molecule has 0 radical (unpaired) electrons. The van der Waals surface area contributed by atoms with Gasteiger partial charge in [0.15, 0.2) is 0 Å². The highest BCUT2D eigenvalue weighted by molar-refractivity contribution is 4.96. The molecule has 0 spiro atoms. The standard InChI is InChI=1S/C12H23N3O/c1-11(2)13-8-12-9-15(10-14-12)6-4-3-5-7-16/h9-11,13,16H,3-8H2,1-2H3. The van der Waals surface area contributed by atoms with Crippen molar-refractivity contribution >= 4 is 0 Å². The Kier molecular flexibility index (Phi) is 6.11. The topological polar surface area (TPSA) is 50.1 Å². The highest BCUT2D eigenvalue weighted by Gasteiger charge is 1.99. The minimum atomic E-state index is 0.299. The lowest BCUT2D eigenvalue weighted by atomic mass is 10.2. The summed E-state index contributed by atoms with van der Waals surface area (Å²) in [6.07, 6.45) is 7.06. The molecule has 0 aliphatic heterocycles. The van der Waals surface area contributed by atoms with E-state index in [0.717, 1.165) is 38.0 Å². The third-order valence-corrected chi connectivity index (χ3v) is 2.45. The number of unbranched alkanes of at least 4 members (excludes halogenated alkanes) is 2. The number of nitrogens with zero attached hydrogens (tertiary/aromatic N) is 2. The first kappa shape index (κ1) is 13.2. The van der Waals surface area contributed by atoms with Crippen molar-refractivity contribution in [3.63, 3.8) is 0 Å². The van der Waals surface area contributed by atoms with Crippen molar-refractivity contribution in [3.05, 3.63) is 18.2 Å². The van der Waals surface area contributed by atoms with Crippen molar-refractivity contribution in [1.29, 1.82) is 0 Å². The zero-order valence-electron chi connectivity index (χ0n) is 10.3. The lowest BCUT2D eigenvalue weighted by molar-refractivity contribution is 0.282. The molecule has 4 nitrogen and oxygen atoms in total. The first-order chi connectivity index (χ1) is 7.72. The number of hydrogen-bond acceptors (Lipinski definition) is 3. The maximum atomic E-state index is 8.66. The molecule has 1 heterocycles. The van der Waals surface area contributed by atoms with Crippen LogP contribution in [0.5, 0.6) is 0 Å². The molecule has 0 amide bonds. The summed E-state index contributed by atoms with van der Waals surface area (Å²) in [5.74, 6) is 0. The van der Waals surface area contributed by atoms with Crippen LogP contribution >= 0.6 is 0 Å². The van der Waals surface area contributed by atoms with E-state index >= 15 is 0 Å². The smallest absolute Gasteiger partial charge is 0.0949 e. The molecule has 0 saturated heterocycles. The predicted octanol–water partition coefficient (Wildman–Crippen LogP) is 1.54. The second kappa shape index (κ2) is 7.41. The summed E-state index contributed by atoms with van der Waals surface area (Å²) < 4.78 is 2.12. The van der Waals surface area contributed by atoms with Gasteiger partial charge in [-0.1, -0.05) is 13.8 Å². The van der Waals surface area contributed by atoms with Crippen molar-refractivity contribution in [1.82, 2.24) is 14.9 Å². The molecule has 0 aliphatic rings. The largest absolute Gasteiger partial charge is 0.396 e. The quantitative estimate of drug-likeness (QED) is 0.660. The zero-order chi connectivity index (χ0) is 11.8. The van der Waals surface area contributed by atoms with Crippen LogP contribution in [-0.4, -0.2) is 27.3 Å². The van der Waals surface area contributed by atoms with Crippen LogP contribution < -0.4 is 5.32 Å². The van der Waals surface area contributed by atoms with Crippen LogP contribution in [-0.2, 0) is 13.1 Å². The van der Waals surface area contributed by atoms with Crippen LogP contribution in [0.2, 0.25) is 0 Å². The fourth-order valence-electron chi connectivity index (χ4n) is 1.51. The predicted molar refractivity (Wildman–Crippen MR) is 65.1 cm³/mol. The Balaban J connectivity index is 2.22. The highest BCUT2D eigenvalue weighted by Crippen LogP contribution is 2.01. The molecule has 2 N–H and O–H groups in total. The first-order valence-corrected chi connectivity index (χ1v) is 6.07. The second-order valence-electron chi connectivity index (χ2n) is 4.42. The maximum Gasteiger partial charge on any atom is 0.0949 e. The van der Waals surface area contributed by atoms with Gasteiger partial charge in [0, 0.05) is 31.9 Å². The second-order valence-corrected chi connectivity index (χ2v) is 4.42. The minimum absolute atomic E-state index is 0.299. The number of aliphatic hydroxyl groups excluding tert-OH is 1. The molecular formula is C12H23N3O. The molecular weight excluding hydrogens is 202 g/mol. The summed E-state index contributed by atoms with van der Waals surface area (Å²) in [6.45, 7) is 6.39. The van der Waals surface area contributed by atoms with Crippen molar-refractivity contribution in [3.8, 4) is 0 Å². The summed E-state index contributed by atoms with van der Waals surface area (Å²) >= 11 is 0. The normalized spacial score (nSPS) is 11.2. The Hall–Kier alpha value is -0.870. The number of imidazole rings is 1. The van der Waals surface area contributed by atoms with Gasteiger partial charge in [0.25, 0.3) is 0 Å². The van der Waals surface area contributed by atoms with E-state index in [4.69, 9.17) is 5.11 Å². The van der Waals surface area contributed by atoms with Gasteiger partial charge >= 0.3 is 0 Å². The van der Waals surface area contributed by atoms with E-state index in [9.17, 15) is 0 Å². The van der Waals surface area contributed by atoms with Gasteiger partial charge in [0.2, 0.25) is 0 Å². The van der Waals surface area contributed by atoms with Crippen LogP contribution in [0.4, 0.5) is 0 Å². The molecule has 0 unspecified atom stereocenters. The molecule has 92 valence electrons. The molecule has 1 aromatic heterocycles. The van der Waals surface area contributed by atoms with E-state index in [0.29, 0.717) is 12.6 Å². The van der Waals surface area contributed by atoms with Gasteiger partial charge in [-0.15, -0.1) is 0 Å². The van der Waals surface area contributed by atoms with Crippen LogP contribution in [0.3, 0.4) is 0 Å². The molecule has 0 atom stereocenters. The van der Waals surface area contributed by atoms with Crippen molar-refractivity contribution in [2.75, 3.05) is 6.61 Å². The van der Waals surface area contributed by atoms with Crippen molar-refractivity contribution < 1.29 is 5.11 Å². The molecule has 1 aromatic rings. The fourth-order valence-corrected chi connectivity index (χ4v) is 1.51. The van der Waals surface area contributed by atoms with Crippen molar-refractivity contribution in [2.24, 2.45) is 0 Å². The van der Waals surface area contributed by atoms with Gasteiger partial charge in [0.1, 0.15) is 0 Å². The average Bonchev–Trinajstić information content (AvgIpc) is 2.70. The Labute approximate surface area is 97.7 Å². The molecule has 0 aromatic carbocycles. The van der Waals surface area contributed by atoms with E-state index in [1.165, 1.54) is 0 Å². The molecule has 4 heteroatoms. The summed E-state index contributed by atoms with van der Waals surface area (Å²) in [7, 11) is 0. The minimum Gasteiger partial charge on any atom is -0.396 e. The summed E-state index contributed by atoms with van der Waals surface area (Å²) in [6, 6.07) is 0.495. The average molecular weight is 225 g/mol. The summed E-state index contributed by atoms with van der Waals surface area (Å²) in [4.78, 5) is 4.34. The maximum absolute atomic E-state index is 8.66. The molecule has 0 saturated carbocycles. The van der Waals surface area contributed by atoms with Gasteiger partial charge in [0.05, 0.1) is 12.0 Å². The number of aromatic nitrogens is 2. The number of rotatable bonds is 8. The number of aryl methyl sites for hydroxylation is 1. The lowest BCUT2D eigenvalue weighted by Crippen LogP contribution is -2.21. The molecule has 16 heavy (non-hydrogen) atoms. The highest BCUT2D eigenvalue weighted by atomic mass is 16.2. The van der Waals surface area contributed by atoms with Crippen LogP contribution in [0.25, 0.3) is 0 Å². The van der Waals surface area contributed by atoms with Gasteiger partial charge in [-0.3, -0.25) is 0 Å². The SMILES string of the molecule is CC(C)NCc1cn(CCCCCO)cn1. The third-order valence-electron chi connectivity index (χ3n) is 2.45. The molecule has 0 aliphatic carbocycles. The van der Waals surface area contributed by atoms with E-state index in [1.54, 1.807) is 0 Å². The number of aliphatic hydroxyl groups is 1. The Morgan fingerprint density at radius 3 is 2.88 bits per heavy atom. The monoisotopic (exact) mass is 225 g/mol. The molecule has 1 rings (SSSR count). The zero-order valence-corrected chi connectivity index (χ0v) is 10.3. The molecule has 0 fully saturated rings. The van der Waals surface area contributed by atoms with Gasteiger partial charge in [-0.25, -0.2) is 4.98 Å². The lowest BCUT2D eigenvalue weighted by Gasteiger charge is -2.05. The van der Waals surface area contributed by atoms with E-state index in [2.05, 4.69) is 34.9 Å². The Morgan fingerprint density at radius 2 is 2.19 bits per heavy atom. The third kappa shape index (κ3) is 5.28. The van der Waals surface area contributed by atoms with E-state index in [-0.39, 0.29) is 0 Å². The van der Waals surface area contributed by atoms with Crippen LogP contribution in [0.15, 0.2) is 12.5 Å². The van der Waals surface area contributed by atoms with Crippen LogP contribution in [0.1, 0.15) is 38.8 Å². The number of nitrogens with one attached hydrogen (secondary N) is 1. The van der Waals surface area contributed by atoms with E-state index in [1.807, 2.05) is 6.33 Å². The van der Waals surface area contributed by atoms with Gasteiger partial charge < -0.3 is 15.0 Å². The fraction of sp³-hybridized carbons (Fsp3) is 0.750. The van der Waals surface area contributed by atoms with Gasteiger partial charge in [-0.2, -0.15) is 0 Å². The Bertz CT molecular complexity index is 284. The number of hydrogen-bond donors (Lipinski definition) is 2. The summed E-state index contributed by atoms with van der Waals surface area (Å²) in [5, 5.41) is 12.0. The molecule has 0 bridgehead atoms.